The molecule has 0 aromatic heterocycles. The number of hydrogen-bond acceptors (Lipinski definition) is 3. The summed E-state index contributed by atoms with van der Waals surface area (Å²) in [5.74, 6) is 0.488. The third-order valence-electron chi connectivity index (χ3n) is 2.65. The molecular formula is C17H25ClN2O2. The molecule has 0 heterocycles. The van der Waals surface area contributed by atoms with Crippen molar-refractivity contribution >= 4 is 35.5 Å². The minimum absolute atomic E-state index is 0.471. The van der Waals surface area contributed by atoms with Gasteiger partial charge in [0.25, 0.3) is 0 Å². The Bertz CT molecular complexity index is 526. The van der Waals surface area contributed by atoms with Crippen LogP contribution in [0, 0.1) is 0 Å². The summed E-state index contributed by atoms with van der Waals surface area (Å²) in [6.07, 6.45) is 5.12. The zero-order chi connectivity index (χ0) is 17.0. The predicted molar refractivity (Wildman–Crippen MR) is 96.3 cm³/mol. The lowest BCUT2D eigenvalue weighted by Crippen LogP contribution is -2.03. The lowest BCUT2D eigenvalue weighted by Gasteiger charge is -2.15. The van der Waals surface area contributed by atoms with Crippen molar-refractivity contribution in [3.63, 3.8) is 0 Å². The van der Waals surface area contributed by atoms with E-state index in [9.17, 15) is 4.79 Å². The number of carbonyl (C=O) groups excluding carboxylic acids is 1. The maximum Gasteiger partial charge on any atom is 0.211 e. The molecule has 5 heteroatoms. The zero-order valence-electron chi connectivity index (χ0n) is 13.9. The van der Waals surface area contributed by atoms with Gasteiger partial charge in [0.1, 0.15) is 0 Å². The van der Waals surface area contributed by atoms with Gasteiger partial charge in [-0.1, -0.05) is 44.5 Å². The van der Waals surface area contributed by atoms with Crippen molar-refractivity contribution in [2.75, 3.05) is 19.0 Å². The minimum atomic E-state index is 0.471. The van der Waals surface area contributed by atoms with E-state index in [4.69, 9.17) is 16.3 Å². The molecule has 0 fully saturated rings. The summed E-state index contributed by atoms with van der Waals surface area (Å²) in [6.45, 7) is 8.45. The highest BCUT2D eigenvalue weighted by Gasteiger charge is 2.14. The first-order valence-electron chi connectivity index (χ1n) is 7.43. The number of nitrogens with zero attached hydrogens (tertiary/aromatic N) is 1. The molecule has 0 atom stereocenters. The molecule has 0 aliphatic rings. The Hall–Kier alpha value is -1.81. The number of nitrogens with one attached hydrogen (secondary N) is 1. The Morgan fingerprint density at radius 1 is 1.41 bits per heavy atom. The first-order chi connectivity index (χ1) is 10.7. The van der Waals surface area contributed by atoms with Crippen LogP contribution in [0.1, 0.15) is 39.7 Å². The number of aliphatic imine (C=N–C) groups is 1. The van der Waals surface area contributed by atoms with E-state index in [1.54, 1.807) is 19.3 Å². The summed E-state index contributed by atoms with van der Waals surface area (Å²) in [5.41, 5.74) is 2.28. The number of ether oxygens (including phenoxy) is 1. The molecule has 1 amide bonds. The Morgan fingerprint density at radius 3 is 2.59 bits per heavy atom. The molecule has 4 nitrogen and oxygen atoms in total. The Labute approximate surface area is 138 Å². The van der Waals surface area contributed by atoms with Gasteiger partial charge in [-0.25, -0.2) is 0 Å². The van der Waals surface area contributed by atoms with Crippen LogP contribution in [0.15, 0.2) is 23.2 Å². The van der Waals surface area contributed by atoms with Crippen LogP contribution >= 0.6 is 11.6 Å². The lowest BCUT2D eigenvalue weighted by molar-refractivity contribution is -0.105. The second-order valence-corrected chi connectivity index (χ2v) is 4.42. The standard InChI is InChI=1S/C15H19ClN2O2.C2H6/c1-4-8-20-15-13(18-10-19)7-6-12(14(15)16)11(5-2)9-17-3;1-2/h5-7,9-10H,4,8H2,1-3H3,(H,18,19);1-2H3/b11-5+,17-9?;. The molecule has 0 spiro atoms. The van der Waals surface area contributed by atoms with Gasteiger partial charge in [0.15, 0.2) is 5.75 Å². The summed E-state index contributed by atoms with van der Waals surface area (Å²) < 4.78 is 5.66. The average Bonchev–Trinajstić information content (AvgIpc) is 2.55. The van der Waals surface area contributed by atoms with E-state index in [-0.39, 0.29) is 0 Å². The molecular weight excluding hydrogens is 300 g/mol. The second-order valence-electron chi connectivity index (χ2n) is 4.05. The fourth-order valence-corrected chi connectivity index (χ4v) is 2.07. The van der Waals surface area contributed by atoms with Crippen LogP contribution in [0.4, 0.5) is 5.69 Å². The Morgan fingerprint density at radius 2 is 2.09 bits per heavy atom. The molecule has 22 heavy (non-hydrogen) atoms. The van der Waals surface area contributed by atoms with Crippen LogP contribution < -0.4 is 10.1 Å². The molecule has 1 aromatic rings. The SMILES string of the molecule is C/C=C(\C=NC)c1ccc(NC=O)c(OCCC)c1Cl.CC. The predicted octanol–water partition coefficient (Wildman–Crippen LogP) is 4.83. The monoisotopic (exact) mass is 324 g/mol. The van der Waals surface area contributed by atoms with Gasteiger partial charge >= 0.3 is 0 Å². The van der Waals surface area contributed by atoms with E-state index in [1.165, 1.54) is 0 Å². The largest absolute Gasteiger partial charge is 0.490 e. The average molecular weight is 325 g/mol. The zero-order valence-corrected chi connectivity index (χ0v) is 14.7. The van der Waals surface area contributed by atoms with E-state index in [0.717, 1.165) is 17.6 Å². The van der Waals surface area contributed by atoms with Crippen LogP contribution in [-0.2, 0) is 4.79 Å². The molecule has 0 bridgehead atoms. The Kier molecular flexibility index (Phi) is 10.8. The van der Waals surface area contributed by atoms with Gasteiger partial charge < -0.3 is 10.1 Å². The highest BCUT2D eigenvalue weighted by atomic mass is 35.5. The van der Waals surface area contributed by atoms with Gasteiger partial charge in [0, 0.05) is 18.8 Å². The Balaban J connectivity index is 0.00000211. The van der Waals surface area contributed by atoms with Crippen LogP contribution in [0.2, 0.25) is 5.02 Å². The molecule has 0 aliphatic heterocycles. The number of amides is 1. The molecule has 0 aliphatic carbocycles. The minimum Gasteiger partial charge on any atom is -0.490 e. The summed E-state index contributed by atoms with van der Waals surface area (Å²) in [4.78, 5) is 14.7. The number of halogens is 1. The molecule has 0 radical (unpaired) electrons. The molecule has 0 saturated carbocycles. The van der Waals surface area contributed by atoms with E-state index < -0.39 is 0 Å². The smallest absolute Gasteiger partial charge is 0.211 e. The quantitative estimate of drug-likeness (QED) is 0.577. The highest BCUT2D eigenvalue weighted by molar-refractivity contribution is 6.35. The number of hydrogen-bond donors (Lipinski definition) is 1. The van der Waals surface area contributed by atoms with Gasteiger partial charge in [-0.05, 0) is 25.0 Å². The summed E-state index contributed by atoms with van der Waals surface area (Å²) >= 11 is 6.41. The van der Waals surface area contributed by atoms with Crippen LogP contribution in [0.5, 0.6) is 5.75 Å². The van der Waals surface area contributed by atoms with Crippen molar-refractivity contribution in [3.8, 4) is 5.75 Å². The van der Waals surface area contributed by atoms with Crippen molar-refractivity contribution < 1.29 is 9.53 Å². The third-order valence-corrected chi connectivity index (χ3v) is 3.03. The normalized spacial score (nSPS) is 10.9. The number of anilines is 1. The molecule has 1 rings (SSSR count). The summed E-state index contributed by atoms with van der Waals surface area (Å²) in [6, 6.07) is 3.61. The van der Waals surface area contributed by atoms with Crippen molar-refractivity contribution in [1.82, 2.24) is 0 Å². The maximum absolute atomic E-state index is 10.6. The molecule has 0 saturated heterocycles. The highest BCUT2D eigenvalue weighted by Crippen LogP contribution is 2.38. The second kappa shape index (κ2) is 11.8. The number of rotatable bonds is 7. The van der Waals surface area contributed by atoms with Crippen molar-refractivity contribution in [2.24, 2.45) is 4.99 Å². The van der Waals surface area contributed by atoms with Gasteiger partial charge in [0.2, 0.25) is 6.41 Å². The third kappa shape index (κ3) is 5.53. The van der Waals surface area contributed by atoms with E-state index >= 15 is 0 Å². The van der Waals surface area contributed by atoms with E-state index in [2.05, 4.69) is 10.3 Å². The van der Waals surface area contributed by atoms with Crippen LogP contribution in [-0.4, -0.2) is 26.3 Å². The molecule has 1 aromatic carbocycles. The fourth-order valence-electron chi connectivity index (χ4n) is 1.74. The topological polar surface area (TPSA) is 50.7 Å². The van der Waals surface area contributed by atoms with Crippen molar-refractivity contribution in [3.05, 3.63) is 28.8 Å². The number of carbonyl (C=O) groups is 1. The van der Waals surface area contributed by atoms with Crippen molar-refractivity contribution in [1.29, 1.82) is 0 Å². The van der Waals surface area contributed by atoms with Gasteiger partial charge in [-0.2, -0.15) is 0 Å². The van der Waals surface area contributed by atoms with Gasteiger partial charge in [-0.3, -0.25) is 9.79 Å². The first kappa shape index (κ1) is 20.2. The van der Waals surface area contributed by atoms with Crippen LogP contribution in [0.25, 0.3) is 5.57 Å². The van der Waals surface area contributed by atoms with Gasteiger partial charge in [0.05, 0.1) is 17.3 Å². The van der Waals surface area contributed by atoms with Crippen LogP contribution in [0.3, 0.4) is 0 Å². The lowest BCUT2D eigenvalue weighted by atomic mass is 10.1. The summed E-state index contributed by atoms with van der Waals surface area (Å²) in [7, 11) is 1.70. The summed E-state index contributed by atoms with van der Waals surface area (Å²) in [5, 5.41) is 3.07. The van der Waals surface area contributed by atoms with Gasteiger partial charge in [-0.15, -0.1) is 0 Å². The maximum atomic E-state index is 10.6. The number of allylic oxidation sites excluding steroid dienone is 2. The van der Waals surface area contributed by atoms with E-state index in [0.29, 0.717) is 29.5 Å². The van der Waals surface area contributed by atoms with Crippen molar-refractivity contribution in [2.45, 2.75) is 34.1 Å². The molecule has 122 valence electrons. The number of benzene rings is 1. The molecule has 0 unspecified atom stereocenters. The van der Waals surface area contributed by atoms with E-state index in [1.807, 2.05) is 39.8 Å². The fraction of sp³-hybridized carbons (Fsp3) is 0.412. The molecule has 1 N–H and O–H groups in total. The first-order valence-corrected chi connectivity index (χ1v) is 7.81.